The van der Waals surface area contributed by atoms with Crippen LogP contribution in [0.25, 0.3) is 89.2 Å². The maximum absolute atomic E-state index is 13.7. The largest absolute Gasteiger partial charge is 0.497 e. The molecule has 10 heterocycles. The fourth-order valence-corrected chi connectivity index (χ4v) is 15.9. The number of hydrogen-bond donors (Lipinski definition) is 2. The number of nitrogens with one attached hydrogen (secondary N) is 2. The van der Waals surface area contributed by atoms with E-state index in [1.54, 1.807) is 117 Å². The molecule has 2 aliphatic rings. The second kappa shape index (κ2) is 44.5. The number of likely N-dealkylation sites (N-methyl/N-ethyl adjacent to an activating group) is 1. The molecule has 2 aliphatic heterocycles. The first kappa shape index (κ1) is 94.6. The van der Waals surface area contributed by atoms with Crippen LogP contribution in [0.3, 0.4) is 0 Å². The van der Waals surface area contributed by atoms with Gasteiger partial charge in [0.15, 0.2) is 0 Å². The van der Waals surface area contributed by atoms with Gasteiger partial charge in [0.1, 0.15) is 52.2 Å². The lowest BCUT2D eigenvalue weighted by Crippen LogP contribution is -2.29. The van der Waals surface area contributed by atoms with Gasteiger partial charge in [-0.3, -0.25) is 44.3 Å². The number of aryl methyl sites for hydroxylation is 2. The molecule has 18 rings (SSSR count). The molecule has 0 aliphatic carbocycles. The molecule has 0 amide bonds. The summed E-state index contributed by atoms with van der Waals surface area (Å²) in [5.41, 5.74) is 21.9. The van der Waals surface area contributed by atoms with E-state index in [0.717, 1.165) is 233 Å². The monoisotopic (exact) mass is 1830 g/mol. The van der Waals surface area contributed by atoms with Gasteiger partial charge in [-0.1, -0.05) is 13.3 Å². The van der Waals surface area contributed by atoms with Crippen LogP contribution in [0, 0.1) is 0 Å². The van der Waals surface area contributed by atoms with Crippen LogP contribution in [-0.4, -0.2) is 226 Å². The van der Waals surface area contributed by atoms with Gasteiger partial charge in [-0.15, -0.1) is 0 Å². The van der Waals surface area contributed by atoms with E-state index in [4.69, 9.17) is 62.6 Å². The average molecular weight is 1830 g/mol. The first-order valence-corrected chi connectivity index (χ1v) is 44.6. The van der Waals surface area contributed by atoms with Crippen LogP contribution in [0.4, 0.5) is 54.3 Å². The number of aromatic nitrogens is 16. The molecule has 2 fully saturated rings. The first-order chi connectivity index (χ1) is 65.7. The van der Waals surface area contributed by atoms with Gasteiger partial charge in [0.25, 0.3) is 5.92 Å². The maximum atomic E-state index is 13.7. The number of methoxy groups -OCH3 is 8. The highest BCUT2D eigenvalue weighted by molar-refractivity contribution is 5.92. The summed E-state index contributed by atoms with van der Waals surface area (Å²) in [5, 5.41) is 23.0. The number of aliphatic imine (C=N–C) groups is 1. The number of hydrogen-bond acceptors (Lipinski definition) is 28. The van der Waals surface area contributed by atoms with Gasteiger partial charge in [-0.05, 0) is 119 Å². The summed E-state index contributed by atoms with van der Waals surface area (Å²) in [7, 11) is 20.6. The zero-order valence-corrected chi connectivity index (χ0v) is 78.5. The first-order valence-electron chi connectivity index (χ1n) is 44.6. The van der Waals surface area contributed by atoms with Crippen molar-refractivity contribution in [2.45, 2.75) is 70.9 Å². The minimum Gasteiger partial charge on any atom is -0.497 e. The quantitative estimate of drug-likeness (QED) is 0.0361. The van der Waals surface area contributed by atoms with Gasteiger partial charge in [0, 0.05) is 244 Å². The number of benzene rings is 8. The van der Waals surface area contributed by atoms with E-state index in [0.29, 0.717) is 44.1 Å². The highest BCUT2D eigenvalue weighted by Gasteiger charge is 2.38. The van der Waals surface area contributed by atoms with Crippen LogP contribution >= 0.6 is 0 Å². The Kier molecular flexibility index (Phi) is 31.2. The number of anilines is 8. The number of nitrogens with zero attached hydrogens (tertiary/aromatic N) is 21. The van der Waals surface area contributed by atoms with E-state index in [2.05, 4.69) is 100 Å². The average Bonchev–Trinajstić information content (AvgIpc) is 1.73. The third-order valence-electron chi connectivity index (χ3n) is 23.3. The molecule has 700 valence electrons. The summed E-state index contributed by atoms with van der Waals surface area (Å²) < 4.78 is 82.6. The van der Waals surface area contributed by atoms with E-state index in [9.17, 15) is 8.78 Å². The van der Waals surface area contributed by atoms with Gasteiger partial charge in [-0.2, -0.15) is 20.4 Å². The molecule has 0 radical (unpaired) electrons. The summed E-state index contributed by atoms with van der Waals surface area (Å²) in [6.07, 6.45) is 27.9. The Hall–Kier alpha value is -15.0. The highest BCUT2D eigenvalue weighted by Crippen LogP contribution is 2.41. The number of rotatable bonds is 33. The molecule has 0 bridgehead atoms. The summed E-state index contributed by atoms with van der Waals surface area (Å²) in [6.45, 7) is 9.45. The number of H-pyrrole nitrogens is 1. The second-order valence-corrected chi connectivity index (χ2v) is 32.5. The Morgan fingerprint density at radius 3 is 1.19 bits per heavy atom. The fraction of sp³-hybridized carbons (Fsp3) is 0.317. The van der Waals surface area contributed by atoms with Crippen molar-refractivity contribution in [3.05, 3.63) is 220 Å². The molecule has 2 saturated heterocycles. The summed E-state index contributed by atoms with van der Waals surface area (Å²) in [4.78, 5) is 52.8. The number of alkyl halides is 2. The molecule has 8 aromatic carbocycles. The highest BCUT2D eigenvalue weighted by atomic mass is 19.3. The van der Waals surface area contributed by atoms with E-state index >= 15 is 0 Å². The molecule has 8 aromatic heterocycles. The number of fused-ring (bicyclic) bond motifs is 4. The molecule has 0 saturated carbocycles. The van der Waals surface area contributed by atoms with E-state index < -0.39 is 5.92 Å². The van der Waals surface area contributed by atoms with Crippen LogP contribution in [-0.2, 0) is 18.8 Å². The maximum Gasteiger partial charge on any atom is 0.261 e. The van der Waals surface area contributed by atoms with E-state index in [-0.39, 0.29) is 19.2 Å². The molecule has 32 nitrogen and oxygen atoms in total. The minimum absolute atomic E-state index is 0.000465. The standard InChI is InChI=1S/C28H33N5O3.C27H30F2N6O2.C24H26N6O2.C22H24N6O2/c1-4-5-11-32(22-13-23(34-2)16-24(14-22)35-3)21-9-10-25-26(15-21)31-27(18-29-25)20-17-30-33(19-20)28-8-6-7-12-36-28;1-33-17-19(15-31-33)26-16-30-24-6-5-20(13-25(24)32-26)35(9-4-8-34-10-7-27(28,29)18-34)21-11-22(36-2)14-23(12-21)37-3;1-16(25-2)14-30(19-8-20(31-4)11-21(9-19)32-5)18-6-7-22-23(10-18)28-24(13-26-22)17-12-27-29(3)15-17;1-23-6-7-28(17-8-18(29-2)11-19(9-17)30-3)16-4-5-20-21(10-16)27-22(14-24-20)15-12-25-26-13-15/h9-10,13-19,28H,4-8,11-12H2,1-3H3;5-6,11-17H,4,7-10,18H2,1-3H3;6-13,15H,14H2,1-5H3;4-5,8-14,23H,6-7H2,1-3H3,(H,25,26). The molecular formula is C101H113F2N23O9. The summed E-state index contributed by atoms with van der Waals surface area (Å²) in [5.74, 6) is 3.16. The predicted molar refractivity (Wildman–Crippen MR) is 525 cm³/mol. The second-order valence-electron chi connectivity index (χ2n) is 32.5. The van der Waals surface area contributed by atoms with Crippen LogP contribution < -0.4 is 62.8 Å². The van der Waals surface area contributed by atoms with E-state index in [1.165, 1.54) is 0 Å². The molecule has 34 heteroatoms. The summed E-state index contributed by atoms with van der Waals surface area (Å²) in [6, 6.07) is 47.6. The third-order valence-corrected chi connectivity index (χ3v) is 23.3. The number of likely N-dealkylation sites (tertiary alicyclic amines) is 1. The van der Waals surface area contributed by atoms with Gasteiger partial charge in [-0.25, -0.2) is 33.4 Å². The lowest BCUT2D eigenvalue weighted by Gasteiger charge is -2.27. The van der Waals surface area contributed by atoms with Crippen molar-refractivity contribution < 1.29 is 51.4 Å². The fourth-order valence-electron chi connectivity index (χ4n) is 15.9. The zero-order valence-electron chi connectivity index (χ0n) is 78.5. The summed E-state index contributed by atoms with van der Waals surface area (Å²) >= 11 is 0. The van der Waals surface area contributed by atoms with Crippen LogP contribution in [0.1, 0.15) is 65.0 Å². The van der Waals surface area contributed by atoms with Crippen molar-refractivity contribution in [1.29, 1.82) is 0 Å². The topological polar surface area (TPSA) is 309 Å². The van der Waals surface area contributed by atoms with Crippen molar-refractivity contribution in [2.75, 3.05) is 150 Å². The number of ether oxygens (including phenoxy) is 9. The van der Waals surface area contributed by atoms with E-state index in [1.807, 2.05) is 196 Å². The van der Waals surface area contributed by atoms with Gasteiger partial charge in [0.2, 0.25) is 0 Å². The molecule has 0 spiro atoms. The number of aromatic amines is 1. The van der Waals surface area contributed by atoms with Crippen molar-refractivity contribution in [3.8, 4) is 91.0 Å². The van der Waals surface area contributed by atoms with Gasteiger partial charge in [0.05, 0.1) is 186 Å². The number of halogens is 2. The van der Waals surface area contributed by atoms with Crippen molar-refractivity contribution in [2.24, 2.45) is 19.1 Å². The SMILES string of the molecule is CCCCN(c1cc(OC)cc(OC)c1)c1ccc2ncc(-c3cnn(C4CCCCO4)c3)nc2c1.CN=C(C)CN(c1cc(OC)cc(OC)c1)c1ccc2ncc(-c3cnn(C)c3)nc2c1.CNCCN(c1cc(OC)cc(OC)c1)c1ccc2ncc(-c3cn[nH]c3)nc2c1.COc1cc(OC)cc(N(CCCN2CCC(F)(F)C2)c2ccc3ncc(-c4cnn(C)c4)nc3c2)c1. The molecule has 16 aromatic rings. The van der Waals surface area contributed by atoms with Crippen molar-refractivity contribution in [3.63, 3.8) is 0 Å². The van der Waals surface area contributed by atoms with Crippen molar-refractivity contribution in [1.82, 2.24) is 89.6 Å². The minimum atomic E-state index is -2.59. The molecule has 1 atom stereocenters. The Balaban J connectivity index is 0.000000137. The number of unbranched alkanes of at least 4 members (excludes halogenated alkanes) is 1. The van der Waals surface area contributed by atoms with Crippen LogP contribution in [0.2, 0.25) is 0 Å². The Morgan fingerprint density at radius 1 is 0.459 bits per heavy atom. The predicted octanol–water partition coefficient (Wildman–Crippen LogP) is 18.7. The smallest absolute Gasteiger partial charge is 0.261 e. The third kappa shape index (κ3) is 23.7. The zero-order chi connectivity index (χ0) is 94.5. The Bertz CT molecular complexity index is 6620. The Labute approximate surface area is 782 Å². The lowest BCUT2D eigenvalue weighted by atomic mass is 10.1. The van der Waals surface area contributed by atoms with Gasteiger partial charge >= 0.3 is 0 Å². The van der Waals surface area contributed by atoms with Crippen LogP contribution in [0.5, 0.6) is 46.0 Å². The molecule has 1 unspecified atom stereocenters. The molecular weight excluding hydrogens is 1720 g/mol. The Morgan fingerprint density at radius 2 is 0.844 bits per heavy atom. The lowest BCUT2D eigenvalue weighted by molar-refractivity contribution is -0.0394. The molecule has 135 heavy (non-hydrogen) atoms. The normalized spacial score (nSPS) is 13.5. The molecule has 2 N–H and O–H groups in total. The van der Waals surface area contributed by atoms with Gasteiger partial charge < -0.3 is 67.5 Å². The van der Waals surface area contributed by atoms with Crippen molar-refractivity contribution >= 4 is 95.3 Å². The van der Waals surface area contributed by atoms with Crippen LogP contribution in [0.15, 0.2) is 225 Å².